The second-order valence-corrected chi connectivity index (χ2v) is 8.77. The number of benzene rings is 3. The minimum absolute atomic E-state index is 0.00712. The molecule has 152 valence electrons. The zero-order chi connectivity index (χ0) is 21.2. The lowest BCUT2D eigenvalue weighted by Gasteiger charge is -2.27. The average Bonchev–Trinajstić information content (AvgIpc) is 3.50. The van der Waals surface area contributed by atoms with Crippen molar-refractivity contribution in [2.45, 2.75) is 18.4 Å². The van der Waals surface area contributed by atoms with Crippen LogP contribution < -0.4 is 0 Å². The highest BCUT2D eigenvalue weighted by atomic mass is 35.5. The Morgan fingerprint density at radius 3 is 2.35 bits per heavy atom. The monoisotopic (exact) mass is 425 g/mol. The fourth-order valence-corrected chi connectivity index (χ4v) is 4.88. The first-order valence-electron chi connectivity index (χ1n) is 10.4. The van der Waals surface area contributed by atoms with Crippen LogP contribution in [0.15, 0.2) is 78.9 Å². The molecule has 2 aliphatic rings. The minimum atomic E-state index is -0.243. The number of fused-ring (bicyclic) bond motifs is 4. The Balaban J connectivity index is 1.60. The second kappa shape index (κ2) is 6.56. The summed E-state index contributed by atoms with van der Waals surface area (Å²) in [5.74, 6) is 0.00712. The third kappa shape index (κ3) is 2.75. The molecule has 4 nitrogen and oxygen atoms in total. The van der Waals surface area contributed by atoms with Crippen molar-refractivity contribution in [3.05, 3.63) is 95.1 Å². The summed E-state index contributed by atoms with van der Waals surface area (Å²) in [7, 11) is 1.91. The summed E-state index contributed by atoms with van der Waals surface area (Å²) < 4.78 is 1.83. The Morgan fingerprint density at radius 2 is 1.61 bits per heavy atom. The van der Waals surface area contributed by atoms with E-state index in [-0.39, 0.29) is 11.4 Å². The number of nitrogens with zero attached hydrogens (tertiary/aromatic N) is 3. The molecule has 4 aromatic rings. The van der Waals surface area contributed by atoms with Crippen molar-refractivity contribution in [3.63, 3.8) is 0 Å². The van der Waals surface area contributed by atoms with E-state index in [4.69, 9.17) is 16.7 Å². The molecule has 1 spiro atoms. The molecule has 0 atom stereocenters. The summed E-state index contributed by atoms with van der Waals surface area (Å²) in [6.07, 6.45) is 1.93. The summed E-state index contributed by atoms with van der Waals surface area (Å²) in [5, 5.41) is 5.60. The van der Waals surface area contributed by atoms with Crippen LogP contribution in [0.5, 0.6) is 0 Å². The van der Waals surface area contributed by atoms with Crippen molar-refractivity contribution in [2.75, 3.05) is 7.05 Å². The van der Waals surface area contributed by atoms with Crippen LogP contribution in [-0.2, 0) is 5.54 Å². The molecule has 0 saturated heterocycles. The van der Waals surface area contributed by atoms with E-state index in [9.17, 15) is 4.79 Å². The number of carbonyl (C=O) groups is 1. The zero-order valence-electron chi connectivity index (χ0n) is 17.0. The molecule has 1 amide bonds. The molecular formula is C26H20ClN3O. The van der Waals surface area contributed by atoms with Gasteiger partial charge in [-0.25, -0.2) is 4.68 Å². The number of hydrogen-bond donors (Lipinski definition) is 0. The first-order chi connectivity index (χ1) is 15.1. The van der Waals surface area contributed by atoms with Gasteiger partial charge in [0.1, 0.15) is 5.69 Å². The van der Waals surface area contributed by atoms with Crippen molar-refractivity contribution >= 4 is 17.5 Å². The van der Waals surface area contributed by atoms with Gasteiger partial charge in [-0.05, 0) is 48.2 Å². The summed E-state index contributed by atoms with van der Waals surface area (Å²) in [4.78, 5) is 15.4. The van der Waals surface area contributed by atoms with Crippen molar-refractivity contribution in [3.8, 4) is 28.1 Å². The molecule has 0 unspecified atom stereocenters. The lowest BCUT2D eigenvalue weighted by atomic mass is 9.96. The predicted octanol–water partition coefficient (Wildman–Crippen LogP) is 5.93. The van der Waals surface area contributed by atoms with Crippen LogP contribution in [0.2, 0.25) is 5.02 Å². The standard InChI is InChI=1S/C26H20ClN3O/c1-29-25(31)24-16-22(17-6-3-2-4-7-17)28-30(24)23-15-19(18-8-5-9-20(27)14-18)10-11-21(23)26(29)12-13-26/h2-11,14-16H,12-13H2,1H3. The highest BCUT2D eigenvalue weighted by Crippen LogP contribution is 2.54. The van der Waals surface area contributed by atoms with Crippen molar-refractivity contribution in [2.24, 2.45) is 0 Å². The van der Waals surface area contributed by atoms with Crippen LogP contribution in [0.4, 0.5) is 0 Å². The molecule has 0 N–H and O–H groups in total. The first-order valence-corrected chi connectivity index (χ1v) is 10.8. The van der Waals surface area contributed by atoms with Gasteiger partial charge in [-0.15, -0.1) is 0 Å². The Kier molecular flexibility index (Phi) is 3.90. The van der Waals surface area contributed by atoms with Crippen LogP contribution in [-0.4, -0.2) is 27.6 Å². The van der Waals surface area contributed by atoms with E-state index in [0.717, 1.165) is 46.5 Å². The lowest BCUT2D eigenvalue weighted by Crippen LogP contribution is -2.36. The van der Waals surface area contributed by atoms with Gasteiger partial charge in [0.25, 0.3) is 5.91 Å². The smallest absolute Gasteiger partial charge is 0.273 e. The molecule has 31 heavy (non-hydrogen) atoms. The summed E-state index contributed by atoms with van der Waals surface area (Å²) in [6.45, 7) is 0. The normalized spacial score (nSPS) is 16.1. The molecule has 1 fully saturated rings. The predicted molar refractivity (Wildman–Crippen MR) is 122 cm³/mol. The van der Waals surface area contributed by atoms with E-state index < -0.39 is 0 Å². The Hall–Kier alpha value is -3.37. The van der Waals surface area contributed by atoms with Gasteiger partial charge >= 0.3 is 0 Å². The number of aromatic nitrogens is 2. The fraction of sp³-hybridized carbons (Fsp3) is 0.154. The summed E-state index contributed by atoms with van der Waals surface area (Å²) in [6, 6.07) is 26.1. The Labute approximate surface area is 185 Å². The van der Waals surface area contributed by atoms with Gasteiger partial charge in [0.05, 0.1) is 16.9 Å². The Morgan fingerprint density at radius 1 is 0.871 bits per heavy atom. The largest absolute Gasteiger partial charge is 0.331 e. The molecule has 2 heterocycles. The van der Waals surface area contributed by atoms with Crippen LogP contribution in [0, 0.1) is 0 Å². The first kappa shape index (κ1) is 18.4. The van der Waals surface area contributed by atoms with Gasteiger partial charge in [-0.3, -0.25) is 4.79 Å². The van der Waals surface area contributed by atoms with Gasteiger partial charge < -0.3 is 4.90 Å². The maximum absolute atomic E-state index is 13.5. The molecule has 6 rings (SSSR count). The van der Waals surface area contributed by atoms with Gasteiger partial charge in [-0.1, -0.05) is 66.2 Å². The molecule has 0 radical (unpaired) electrons. The summed E-state index contributed by atoms with van der Waals surface area (Å²) in [5.41, 5.74) is 6.34. The lowest BCUT2D eigenvalue weighted by molar-refractivity contribution is 0.0704. The number of amides is 1. The van der Waals surface area contributed by atoms with Gasteiger partial charge in [0.2, 0.25) is 0 Å². The van der Waals surface area contributed by atoms with E-state index in [0.29, 0.717) is 10.7 Å². The average molecular weight is 426 g/mol. The third-order valence-electron chi connectivity index (χ3n) is 6.55. The number of hydrogen-bond acceptors (Lipinski definition) is 2. The maximum Gasteiger partial charge on any atom is 0.273 e. The van der Waals surface area contributed by atoms with Crippen molar-refractivity contribution < 1.29 is 4.79 Å². The van der Waals surface area contributed by atoms with Crippen LogP contribution in [0.3, 0.4) is 0 Å². The molecule has 1 saturated carbocycles. The van der Waals surface area contributed by atoms with E-state index >= 15 is 0 Å². The molecule has 1 aromatic heterocycles. The second-order valence-electron chi connectivity index (χ2n) is 8.33. The van der Waals surface area contributed by atoms with Crippen molar-refractivity contribution in [1.29, 1.82) is 0 Å². The third-order valence-corrected chi connectivity index (χ3v) is 6.79. The fourth-order valence-electron chi connectivity index (χ4n) is 4.69. The zero-order valence-corrected chi connectivity index (χ0v) is 17.8. The van der Waals surface area contributed by atoms with E-state index in [1.165, 1.54) is 0 Å². The molecule has 1 aliphatic heterocycles. The van der Waals surface area contributed by atoms with E-state index in [1.54, 1.807) is 0 Å². The highest BCUT2D eigenvalue weighted by molar-refractivity contribution is 6.30. The van der Waals surface area contributed by atoms with Crippen LogP contribution in [0.1, 0.15) is 28.9 Å². The minimum Gasteiger partial charge on any atom is -0.331 e. The van der Waals surface area contributed by atoms with Gasteiger partial charge in [-0.2, -0.15) is 5.10 Å². The summed E-state index contributed by atoms with van der Waals surface area (Å²) >= 11 is 6.24. The topological polar surface area (TPSA) is 38.1 Å². The quantitative estimate of drug-likeness (QED) is 0.399. The van der Waals surface area contributed by atoms with Crippen LogP contribution >= 0.6 is 11.6 Å². The van der Waals surface area contributed by atoms with E-state index in [1.807, 2.05) is 77.3 Å². The van der Waals surface area contributed by atoms with Gasteiger partial charge in [0, 0.05) is 23.2 Å². The van der Waals surface area contributed by atoms with E-state index in [2.05, 4.69) is 18.2 Å². The molecule has 0 bridgehead atoms. The van der Waals surface area contributed by atoms with Gasteiger partial charge in [0.15, 0.2) is 0 Å². The molecule has 3 aromatic carbocycles. The SMILES string of the molecule is CN1C(=O)c2cc(-c3ccccc3)nn2-c2cc(-c3cccc(Cl)c3)ccc2C12CC2. The molecule has 1 aliphatic carbocycles. The highest BCUT2D eigenvalue weighted by Gasteiger charge is 2.53. The number of rotatable bonds is 2. The van der Waals surface area contributed by atoms with Crippen molar-refractivity contribution in [1.82, 2.24) is 14.7 Å². The van der Waals surface area contributed by atoms with Crippen LogP contribution in [0.25, 0.3) is 28.1 Å². The number of carbonyl (C=O) groups excluding carboxylic acids is 1. The number of halogens is 1. The molecular weight excluding hydrogens is 406 g/mol. The molecule has 5 heteroatoms. The maximum atomic E-state index is 13.5. The Bertz CT molecular complexity index is 1340.